The highest BCUT2D eigenvalue weighted by Gasteiger charge is 2.15. The maximum atomic E-state index is 6.17. The minimum absolute atomic E-state index is 0.381. The van der Waals surface area contributed by atoms with E-state index in [1.807, 2.05) is 22.9 Å². The summed E-state index contributed by atoms with van der Waals surface area (Å²) in [6.45, 7) is 10.3. The second-order valence-electron chi connectivity index (χ2n) is 9.01. The van der Waals surface area contributed by atoms with Crippen LogP contribution in [0, 0.1) is 6.92 Å². The van der Waals surface area contributed by atoms with Crippen LogP contribution >= 0.6 is 11.6 Å². The Kier molecular flexibility index (Phi) is 6.23. The molecule has 0 atom stereocenters. The molecular formula is C24H27ClN4OSi. The third-order valence-corrected chi connectivity index (χ3v) is 7.19. The molecule has 0 fully saturated rings. The van der Waals surface area contributed by atoms with Crippen LogP contribution in [0.15, 0.2) is 54.9 Å². The van der Waals surface area contributed by atoms with Gasteiger partial charge >= 0.3 is 0 Å². The van der Waals surface area contributed by atoms with Crippen LogP contribution in [0.4, 0.5) is 0 Å². The predicted molar refractivity (Wildman–Crippen MR) is 130 cm³/mol. The molecular weight excluding hydrogens is 424 g/mol. The summed E-state index contributed by atoms with van der Waals surface area (Å²) in [7, 11) is -1.13. The smallest absolute Gasteiger partial charge is 0.165 e. The van der Waals surface area contributed by atoms with Crippen molar-refractivity contribution < 1.29 is 4.74 Å². The first-order chi connectivity index (χ1) is 14.8. The second-order valence-corrected chi connectivity index (χ2v) is 15.0. The summed E-state index contributed by atoms with van der Waals surface area (Å²) in [5.41, 5.74) is 6.18. The Morgan fingerprint density at radius 3 is 2.48 bits per heavy atom. The zero-order valence-electron chi connectivity index (χ0n) is 18.4. The van der Waals surface area contributed by atoms with E-state index in [1.54, 1.807) is 0 Å². The van der Waals surface area contributed by atoms with Gasteiger partial charge in [0.25, 0.3) is 0 Å². The standard InChI is InChI=1S/C24H27ClN4OSi/c1-17-6-5-11-26-23(17)19-9-7-18(8-10-19)21-15-29(16-30-12-13-31(2,3)4)24-20(21)14-22(25)27-28-24/h5-11,14-15H,12-13,16H2,1-4H3. The lowest BCUT2D eigenvalue weighted by molar-refractivity contribution is 0.0898. The van der Waals surface area contributed by atoms with Gasteiger partial charge in [-0.3, -0.25) is 4.98 Å². The number of aromatic nitrogens is 4. The van der Waals surface area contributed by atoms with Crippen LogP contribution in [0.3, 0.4) is 0 Å². The van der Waals surface area contributed by atoms with Crippen molar-refractivity contribution in [3.63, 3.8) is 0 Å². The molecule has 4 aromatic rings. The number of pyridine rings is 1. The molecule has 0 aliphatic rings. The Morgan fingerprint density at radius 1 is 1.03 bits per heavy atom. The van der Waals surface area contributed by atoms with Crippen molar-refractivity contribution in [3.05, 3.63) is 65.6 Å². The molecule has 4 rings (SSSR count). The van der Waals surface area contributed by atoms with E-state index in [0.717, 1.165) is 51.6 Å². The molecule has 160 valence electrons. The molecule has 0 unspecified atom stereocenters. The number of nitrogens with zero attached hydrogens (tertiary/aromatic N) is 4. The Bertz CT molecular complexity index is 1200. The summed E-state index contributed by atoms with van der Waals surface area (Å²) in [5, 5.41) is 9.72. The van der Waals surface area contributed by atoms with Crippen LogP contribution in [0.2, 0.25) is 30.8 Å². The number of aryl methyl sites for hydroxylation is 1. The number of fused-ring (bicyclic) bond motifs is 1. The summed E-state index contributed by atoms with van der Waals surface area (Å²) >= 11 is 6.17. The van der Waals surface area contributed by atoms with Gasteiger partial charge in [-0.2, -0.15) is 0 Å². The molecule has 0 radical (unpaired) electrons. The zero-order chi connectivity index (χ0) is 22.0. The lowest BCUT2D eigenvalue weighted by Gasteiger charge is -2.15. The fourth-order valence-corrected chi connectivity index (χ4v) is 4.43. The molecule has 0 saturated heterocycles. The summed E-state index contributed by atoms with van der Waals surface area (Å²) in [4.78, 5) is 4.52. The highest BCUT2D eigenvalue weighted by molar-refractivity contribution is 6.76. The number of hydrogen-bond donors (Lipinski definition) is 0. The van der Waals surface area contributed by atoms with Crippen molar-refractivity contribution in [2.75, 3.05) is 6.61 Å². The molecule has 3 heterocycles. The summed E-state index contributed by atoms with van der Waals surface area (Å²) in [6, 6.07) is 15.5. The zero-order valence-corrected chi connectivity index (χ0v) is 20.1. The molecule has 0 aliphatic heterocycles. The van der Waals surface area contributed by atoms with E-state index in [4.69, 9.17) is 16.3 Å². The van der Waals surface area contributed by atoms with Crippen molar-refractivity contribution in [1.29, 1.82) is 0 Å². The Labute approximate surface area is 189 Å². The number of benzene rings is 1. The highest BCUT2D eigenvalue weighted by atomic mass is 35.5. The molecule has 0 aliphatic carbocycles. The van der Waals surface area contributed by atoms with E-state index in [0.29, 0.717) is 11.9 Å². The Morgan fingerprint density at radius 2 is 1.77 bits per heavy atom. The topological polar surface area (TPSA) is 52.8 Å². The molecule has 0 spiro atoms. The molecule has 5 nitrogen and oxygen atoms in total. The third kappa shape index (κ3) is 5.03. The normalized spacial score (nSPS) is 11.9. The van der Waals surface area contributed by atoms with Crippen LogP contribution in [0.1, 0.15) is 5.56 Å². The van der Waals surface area contributed by atoms with Crippen LogP contribution in [-0.4, -0.2) is 34.4 Å². The summed E-state index contributed by atoms with van der Waals surface area (Å²) in [5.74, 6) is 0. The first-order valence-corrected chi connectivity index (χ1v) is 14.5. The Balaban J connectivity index is 1.64. The van der Waals surface area contributed by atoms with E-state index >= 15 is 0 Å². The van der Waals surface area contributed by atoms with Gasteiger partial charge in [0, 0.05) is 43.6 Å². The SMILES string of the molecule is Cc1cccnc1-c1ccc(-c2cn(COCC[Si](C)(C)C)c3nnc(Cl)cc23)cc1. The first-order valence-electron chi connectivity index (χ1n) is 10.4. The molecule has 1 aromatic carbocycles. The van der Waals surface area contributed by atoms with Crippen molar-refractivity contribution in [2.45, 2.75) is 39.3 Å². The van der Waals surface area contributed by atoms with E-state index < -0.39 is 8.07 Å². The fraction of sp³-hybridized carbons (Fsp3) is 0.292. The van der Waals surface area contributed by atoms with Crippen LogP contribution in [0.5, 0.6) is 0 Å². The maximum Gasteiger partial charge on any atom is 0.165 e. The number of hydrogen-bond acceptors (Lipinski definition) is 4. The van der Waals surface area contributed by atoms with Gasteiger partial charge in [-0.05, 0) is 36.2 Å². The van der Waals surface area contributed by atoms with Gasteiger partial charge in [-0.1, -0.05) is 61.6 Å². The van der Waals surface area contributed by atoms with Crippen molar-refractivity contribution in [1.82, 2.24) is 19.7 Å². The molecule has 0 bridgehead atoms. The minimum atomic E-state index is -1.13. The van der Waals surface area contributed by atoms with Gasteiger partial charge in [-0.15, -0.1) is 10.2 Å². The van der Waals surface area contributed by atoms with Crippen molar-refractivity contribution in [3.8, 4) is 22.4 Å². The minimum Gasteiger partial charge on any atom is -0.361 e. The van der Waals surface area contributed by atoms with Crippen molar-refractivity contribution in [2.24, 2.45) is 0 Å². The number of rotatable bonds is 7. The number of ether oxygens (including phenoxy) is 1. The first kappa shape index (κ1) is 21.7. The average Bonchev–Trinajstić information content (AvgIpc) is 3.09. The molecule has 3 aromatic heterocycles. The molecule has 0 saturated carbocycles. The average molecular weight is 451 g/mol. The predicted octanol–water partition coefficient (Wildman–Crippen LogP) is 6.43. The van der Waals surface area contributed by atoms with Crippen molar-refractivity contribution >= 4 is 30.7 Å². The molecule has 0 N–H and O–H groups in total. The molecule has 31 heavy (non-hydrogen) atoms. The van der Waals surface area contributed by atoms with Crippen LogP contribution < -0.4 is 0 Å². The lowest BCUT2D eigenvalue weighted by Crippen LogP contribution is -2.22. The fourth-order valence-electron chi connectivity index (χ4n) is 3.52. The van der Waals surface area contributed by atoms with E-state index in [9.17, 15) is 0 Å². The molecule has 0 amide bonds. The van der Waals surface area contributed by atoms with E-state index in [-0.39, 0.29) is 0 Å². The molecule has 7 heteroatoms. The van der Waals surface area contributed by atoms with E-state index in [1.165, 1.54) is 0 Å². The van der Waals surface area contributed by atoms with Gasteiger partial charge in [0.1, 0.15) is 6.73 Å². The monoisotopic (exact) mass is 450 g/mol. The van der Waals surface area contributed by atoms with Gasteiger partial charge in [0.05, 0.1) is 5.69 Å². The lowest BCUT2D eigenvalue weighted by atomic mass is 10.0. The van der Waals surface area contributed by atoms with Gasteiger partial charge in [0.15, 0.2) is 10.8 Å². The van der Waals surface area contributed by atoms with Crippen LogP contribution in [-0.2, 0) is 11.5 Å². The van der Waals surface area contributed by atoms with Crippen LogP contribution in [0.25, 0.3) is 33.4 Å². The quantitative estimate of drug-likeness (QED) is 0.240. The van der Waals surface area contributed by atoms with Gasteiger partial charge in [-0.25, -0.2) is 0 Å². The van der Waals surface area contributed by atoms with Gasteiger partial charge < -0.3 is 9.30 Å². The summed E-state index contributed by atoms with van der Waals surface area (Å²) < 4.78 is 7.97. The number of halogens is 1. The van der Waals surface area contributed by atoms with E-state index in [2.05, 4.69) is 78.3 Å². The summed E-state index contributed by atoms with van der Waals surface area (Å²) in [6.07, 6.45) is 3.90. The maximum absolute atomic E-state index is 6.17. The second kappa shape index (κ2) is 8.90. The third-order valence-electron chi connectivity index (χ3n) is 5.30. The highest BCUT2D eigenvalue weighted by Crippen LogP contribution is 2.32. The van der Waals surface area contributed by atoms with Gasteiger partial charge in [0.2, 0.25) is 0 Å². The largest absolute Gasteiger partial charge is 0.361 e. The Hall–Kier alpha value is -2.54.